The zero-order valence-electron chi connectivity index (χ0n) is 15.8. The number of para-hydroxylation sites is 1. The first-order valence-electron chi connectivity index (χ1n) is 9.53. The van der Waals surface area contributed by atoms with Gasteiger partial charge in [-0.2, -0.15) is 0 Å². The maximum atomic E-state index is 13.3. The molecule has 2 N–H and O–H groups in total. The van der Waals surface area contributed by atoms with Crippen LogP contribution >= 0.6 is 11.3 Å². The molecule has 0 aliphatic carbocycles. The number of thiophene rings is 1. The van der Waals surface area contributed by atoms with Crippen molar-refractivity contribution in [1.29, 1.82) is 0 Å². The van der Waals surface area contributed by atoms with Gasteiger partial charge in [0.2, 0.25) is 12.3 Å². The third-order valence-corrected chi connectivity index (χ3v) is 6.09. The number of H-pyrrole nitrogens is 1. The van der Waals surface area contributed by atoms with Crippen molar-refractivity contribution in [2.75, 3.05) is 26.2 Å². The number of amides is 3. The highest BCUT2D eigenvalue weighted by Gasteiger charge is 2.29. The quantitative estimate of drug-likeness (QED) is 0.609. The fourth-order valence-corrected chi connectivity index (χ4v) is 4.25. The van der Waals surface area contributed by atoms with Crippen LogP contribution in [0.15, 0.2) is 48.0 Å². The summed E-state index contributed by atoms with van der Waals surface area (Å²) >= 11 is 1.35. The summed E-state index contributed by atoms with van der Waals surface area (Å²) in [6, 6.07) is 10.8. The number of fused-ring (bicyclic) bond motifs is 1. The summed E-state index contributed by atoms with van der Waals surface area (Å²) in [5, 5.41) is 5.81. The highest BCUT2D eigenvalue weighted by Crippen LogP contribution is 2.20. The van der Waals surface area contributed by atoms with E-state index in [1.54, 1.807) is 15.9 Å². The fourth-order valence-electron chi connectivity index (χ4n) is 3.63. The van der Waals surface area contributed by atoms with Gasteiger partial charge >= 0.3 is 0 Å². The maximum absolute atomic E-state index is 13.3. The predicted molar refractivity (Wildman–Crippen MR) is 112 cm³/mol. The molecule has 1 saturated heterocycles. The SMILES string of the molecule is O=CN1CCN(C(=O)[C@H](Cc2c[nH]c3ccccc23)NC(=O)c2cccs2)CC1. The van der Waals surface area contributed by atoms with Gasteiger partial charge in [-0.25, -0.2) is 0 Å². The number of benzene rings is 1. The van der Waals surface area contributed by atoms with Gasteiger partial charge in [0.1, 0.15) is 6.04 Å². The molecular weight excluding hydrogens is 388 g/mol. The zero-order valence-corrected chi connectivity index (χ0v) is 16.7. The van der Waals surface area contributed by atoms with Crippen LogP contribution in [0.25, 0.3) is 10.9 Å². The minimum Gasteiger partial charge on any atom is -0.361 e. The second-order valence-corrected chi connectivity index (χ2v) is 7.98. The Kier molecular flexibility index (Phi) is 5.62. The van der Waals surface area contributed by atoms with Gasteiger partial charge < -0.3 is 20.1 Å². The normalized spacial score (nSPS) is 15.3. The van der Waals surface area contributed by atoms with Gasteiger partial charge in [0.15, 0.2) is 0 Å². The van der Waals surface area contributed by atoms with Crippen LogP contribution in [0, 0.1) is 0 Å². The van der Waals surface area contributed by atoms with E-state index in [1.807, 2.05) is 41.9 Å². The summed E-state index contributed by atoms with van der Waals surface area (Å²) in [6.45, 7) is 1.95. The number of nitrogens with zero attached hydrogens (tertiary/aromatic N) is 2. The molecule has 3 heterocycles. The summed E-state index contributed by atoms with van der Waals surface area (Å²) in [6.07, 6.45) is 3.10. The molecule has 1 aliphatic rings. The van der Waals surface area contributed by atoms with Crippen molar-refractivity contribution in [2.45, 2.75) is 12.5 Å². The molecule has 1 aliphatic heterocycles. The lowest BCUT2D eigenvalue weighted by atomic mass is 10.0. The van der Waals surface area contributed by atoms with E-state index in [1.165, 1.54) is 11.3 Å². The second kappa shape index (κ2) is 8.48. The number of carbonyl (C=O) groups is 3. The Bertz CT molecular complexity index is 1010. The predicted octanol–water partition coefficient (Wildman–Crippen LogP) is 1.87. The van der Waals surface area contributed by atoms with E-state index in [2.05, 4.69) is 10.3 Å². The van der Waals surface area contributed by atoms with Gasteiger partial charge in [-0.1, -0.05) is 24.3 Å². The van der Waals surface area contributed by atoms with Crippen LogP contribution in [0.4, 0.5) is 0 Å². The van der Waals surface area contributed by atoms with Gasteiger partial charge in [-0.3, -0.25) is 14.4 Å². The molecule has 0 unspecified atom stereocenters. The van der Waals surface area contributed by atoms with E-state index in [0.29, 0.717) is 37.5 Å². The molecular formula is C21H22N4O3S. The molecule has 0 saturated carbocycles. The molecule has 8 heteroatoms. The molecule has 150 valence electrons. The number of nitrogens with one attached hydrogen (secondary N) is 2. The third-order valence-electron chi connectivity index (χ3n) is 5.22. The molecule has 3 amide bonds. The Morgan fingerprint density at radius 3 is 2.66 bits per heavy atom. The van der Waals surface area contributed by atoms with E-state index in [9.17, 15) is 14.4 Å². The van der Waals surface area contributed by atoms with Gasteiger partial charge in [0, 0.05) is 49.7 Å². The highest BCUT2D eigenvalue weighted by molar-refractivity contribution is 7.12. The van der Waals surface area contributed by atoms with Crippen LogP contribution in [-0.4, -0.2) is 65.2 Å². The fraction of sp³-hybridized carbons (Fsp3) is 0.286. The van der Waals surface area contributed by atoms with Crippen LogP contribution in [-0.2, 0) is 16.0 Å². The van der Waals surface area contributed by atoms with Crippen molar-refractivity contribution in [3.63, 3.8) is 0 Å². The summed E-state index contributed by atoms with van der Waals surface area (Å²) in [5.41, 5.74) is 1.98. The molecule has 4 rings (SSSR count). The van der Waals surface area contributed by atoms with Crippen LogP contribution in [0.5, 0.6) is 0 Å². The van der Waals surface area contributed by atoms with E-state index in [-0.39, 0.29) is 11.8 Å². The smallest absolute Gasteiger partial charge is 0.262 e. The standard InChI is InChI=1S/C21H22N4O3S/c26-14-24-7-9-25(10-8-24)21(28)18(23-20(27)19-6-3-11-29-19)12-15-13-22-17-5-2-1-4-16(15)17/h1-6,11,13-14,18,22H,7-10,12H2,(H,23,27)/t18-/m0/s1. The van der Waals surface area contributed by atoms with Crippen LogP contribution < -0.4 is 5.32 Å². The molecule has 7 nitrogen and oxygen atoms in total. The lowest BCUT2D eigenvalue weighted by molar-refractivity contribution is -0.136. The first-order chi connectivity index (χ1) is 14.2. The molecule has 0 bridgehead atoms. The molecule has 1 aromatic carbocycles. The van der Waals surface area contributed by atoms with Crippen LogP contribution in [0.1, 0.15) is 15.2 Å². The number of rotatable bonds is 6. The monoisotopic (exact) mass is 410 g/mol. The van der Waals surface area contributed by atoms with Crippen molar-refractivity contribution in [2.24, 2.45) is 0 Å². The van der Waals surface area contributed by atoms with Crippen molar-refractivity contribution in [3.8, 4) is 0 Å². The van der Waals surface area contributed by atoms with Crippen LogP contribution in [0.3, 0.4) is 0 Å². The number of hydrogen-bond donors (Lipinski definition) is 2. The molecule has 3 aromatic rings. The van der Waals surface area contributed by atoms with Gasteiger partial charge in [-0.15, -0.1) is 11.3 Å². The van der Waals surface area contributed by atoms with Crippen molar-refractivity contribution < 1.29 is 14.4 Å². The third kappa shape index (κ3) is 4.17. The average Bonchev–Trinajstić information content (AvgIpc) is 3.43. The molecule has 1 fully saturated rings. The van der Waals surface area contributed by atoms with Gasteiger partial charge in [0.05, 0.1) is 4.88 Å². The largest absolute Gasteiger partial charge is 0.361 e. The number of carbonyl (C=O) groups excluding carboxylic acids is 3. The van der Waals surface area contributed by atoms with E-state index >= 15 is 0 Å². The first-order valence-corrected chi connectivity index (χ1v) is 10.4. The number of aromatic amines is 1. The number of piperazine rings is 1. The first kappa shape index (κ1) is 19.2. The van der Waals surface area contributed by atoms with Crippen molar-refractivity contribution >= 4 is 40.5 Å². The minimum atomic E-state index is -0.674. The topological polar surface area (TPSA) is 85.5 Å². The maximum Gasteiger partial charge on any atom is 0.262 e. The van der Waals surface area contributed by atoms with E-state index in [0.717, 1.165) is 22.9 Å². The molecule has 1 atom stereocenters. The van der Waals surface area contributed by atoms with Crippen LogP contribution in [0.2, 0.25) is 0 Å². The summed E-state index contributed by atoms with van der Waals surface area (Å²) in [5.74, 6) is -0.365. The molecule has 29 heavy (non-hydrogen) atoms. The number of aromatic nitrogens is 1. The number of hydrogen-bond acceptors (Lipinski definition) is 4. The summed E-state index contributed by atoms with van der Waals surface area (Å²) in [4.78, 5) is 44.1. The second-order valence-electron chi connectivity index (χ2n) is 7.03. The Labute approximate surface area is 172 Å². The van der Waals surface area contributed by atoms with E-state index in [4.69, 9.17) is 0 Å². The van der Waals surface area contributed by atoms with E-state index < -0.39 is 6.04 Å². The van der Waals surface area contributed by atoms with Gasteiger partial charge in [0.25, 0.3) is 5.91 Å². The molecule has 0 radical (unpaired) electrons. The lowest BCUT2D eigenvalue weighted by Crippen LogP contribution is -2.55. The molecule has 0 spiro atoms. The van der Waals surface area contributed by atoms with Crippen molar-refractivity contribution in [1.82, 2.24) is 20.1 Å². The molecule has 2 aromatic heterocycles. The Morgan fingerprint density at radius 1 is 1.14 bits per heavy atom. The summed E-state index contributed by atoms with van der Waals surface area (Å²) < 4.78 is 0. The lowest BCUT2D eigenvalue weighted by Gasteiger charge is -2.34. The van der Waals surface area contributed by atoms with Crippen molar-refractivity contribution in [3.05, 3.63) is 58.4 Å². The Balaban J connectivity index is 1.55. The zero-order chi connectivity index (χ0) is 20.2. The average molecular weight is 410 g/mol. The minimum absolute atomic E-state index is 0.120. The highest BCUT2D eigenvalue weighted by atomic mass is 32.1. The van der Waals surface area contributed by atoms with Gasteiger partial charge in [-0.05, 0) is 23.1 Å². The summed E-state index contributed by atoms with van der Waals surface area (Å²) in [7, 11) is 0. The Hall–Kier alpha value is -3.13. The Morgan fingerprint density at radius 2 is 1.93 bits per heavy atom.